The molecule has 0 bridgehead atoms. The molecule has 0 aliphatic carbocycles. The highest BCUT2D eigenvalue weighted by Crippen LogP contribution is 2.25. The molecule has 9 heteroatoms. The summed E-state index contributed by atoms with van der Waals surface area (Å²) in [6.07, 6.45) is 5.50. The highest BCUT2D eigenvalue weighted by Gasteiger charge is 2.15. The Bertz CT molecular complexity index is 989. The zero-order valence-corrected chi connectivity index (χ0v) is 17.1. The van der Waals surface area contributed by atoms with Crippen LogP contribution in [0.15, 0.2) is 45.0 Å². The SMILES string of the molecule is CCCCCn1c(SCc2nccn2C(F)F)nc2ccc(Br)cc2c1=O. The number of aromatic nitrogens is 4. The lowest BCUT2D eigenvalue weighted by atomic mass is 10.2. The molecule has 0 unspecified atom stereocenters. The second kappa shape index (κ2) is 8.97. The van der Waals surface area contributed by atoms with Gasteiger partial charge in [-0.2, -0.15) is 8.78 Å². The Hall–Kier alpha value is -1.74. The molecule has 0 radical (unpaired) electrons. The lowest BCUT2D eigenvalue weighted by Crippen LogP contribution is -2.23. The van der Waals surface area contributed by atoms with E-state index in [2.05, 4.69) is 32.8 Å². The fraction of sp³-hybridized carbons (Fsp3) is 0.389. The fourth-order valence-corrected chi connectivity index (χ4v) is 4.10. The summed E-state index contributed by atoms with van der Waals surface area (Å²) < 4.78 is 29.3. The predicted octanol–water partition coefficient (Wildman–Crippen LogP) is 5.23. The van der Waals surface area contributed by atoms with Crippen molar-refractivity contribution in [1.29, 1.82) is 0 Å². The van der Waals surface area contributed by atoms with Crippen LogP contribution in [0.3, 0.4) is 0 Å². The summed E-state index contributed by atoms with van der Waals surface area (Å²) in [5, 5.41) is 1.06. The van der Waals surface area contributed by atoms with Crippen molar-refractivity contribution in [3.8, 4) is 0 Å². The summed E-state index contributed by atoms with van der Waals surface area (Å²) in [5.74, 6) is 0.458. The number of imidazole rings is 1. The van der Waals surface area contributed by atoms with E-state index in [4.69, 9.17) is 0 Å². The van der Waals surface area contributed by atoms with Crippen LogP contribution in [0.4, 0.5) is 8.78 Å². The first-order chi connectivity index (χ1) is 13.0. The van der Waals surface area contributed by atoms with Gasteiger partial charge in [0.15, 0.2) is 5.16 Å². The molecule has 0 spiro atoms. The molecule has 1 aromatic carbocycles. The maximum absolute atomic E-state index is 13.0. The number of alkyl halides is 2. The highest BCUT2D eigenvalue weighted by molar-refractivity contribution is 9.10. The van der Waals surface area contributed by atoms with E-state index in [1.165, 1.54) is 24.2 Å². The van der Waals surface area contributed by atoms with Crippen LogP contribution in [0, 0.1) is 0 Å². The predicted molar refractivity (Wildman–Crippen MR) is 106 cm³/mol. The van der Waals surface area contributed by atoms with Gasteiger partial charge in [0.25, 0.3) is 5.56 Å². The number of fused-ring (bicyclic) bond motifs is 1. The molecule has 0 fully saturated rings. The fourth-order valence-electron chi connectivity index (χ4n) is 2.76. The van der Waals surface area contributed by atoms with Crippen molar-refractivity contribution >= 4 is 38.6 Å². The smallest absolute Gasteiger partial charge is 0.287 e. The molecule has 2 aromatic heterocycles. The van der Waals surface area contributed by atoms with E-state index in [9.17, 15) is 13.6 Å². The highest BCUT2D eigenvalue weighted by atomic mass is 79.9. The summed E-state index contributed by atoms with van der Waals surface area (Å²) in [6, 6.07) is 5.37. The zero-order valence-electron chi connectivity index (χ0n) is 14.7. The number of rotatable bonds is 8. The molecular formula is C18H19BrF2N4OS. The summed E-state index contributed by atoms with van der Waals surface area (Å²) in [7, 11) is 0. The molecule has 3 rings (SSSR count). The molecule has 3 aromatic rings. The monoisotopic (exact) mass is 456 g/mol. The normalized spacial score (nSPS) is 11.6. The molecule has 0 aliphatic heterocycles. The number of nitrogens with zero attached hydrogens (tertiary/aromatic N) is 4. The molecule has 0 saturated heterocycles. The molecule has 0 aliphatic rings. The van der Waals surface area contributed by atoms with Crippen LogP contribution in [0.5, 0.6) is 0 Å². The van der Waals surface area contributed by atoms with Gasteiger partial charge in [-0.05, 0) is 24.6 Å². The summed E-state index contributed by atoms with van der Waals surface area (Å²) in [6.45, 7) is 0.00305. The van der Waals surface area contributed by atoms with Gasteiger partial charge in [0.1, 0.15) is 5.82 Å². The van der Waals surface area contributed by atoms with Gasteiger partial charge in [0, 0.05) is 23.4 Å². The van der Waals surface area contributed by atoms with Crippen molar-refractivity contribution in [3.05, 3.63) is 51.2 Å². The van der Waals surface area contributed by atoms with E-state index in [-0.39, 0.29) is 17.1 Å². The molecule has 5 nitrogen and oxygen atoms in total. The van der Waals surface area contributed by atoms with Crippen molar-refractivity contribution in [2.45, 2.75) is 50.2 Å². The molecule has 2 heterocycles. The van der Waals surface area contributed by atoms with Gasteiger partial charge in [-0.25, -0.2) is 9.97 Å². The number of benzene rings is 1. The minimum atomic E-state index is -2.64. The first-order valence-corrected chi connectivity index (χ1v) is 10.4. The van der Waals surface area contributed by atoms with E-state index in [0.29, 0.717) is 22.6 Å². The third-order valence-corrected chi connectivity index (χ3v) is 5.62. The number of thioether (sulfide) groups is 1. The van der Waals surface area contributed by atoms with Gasteiger partial charge < -0.3 is 0 Å². The maximum atomic E-state index is 13.0. The van der Waals surface area contributed by atoms with Crippen LogP contribution in [-0.4, -0.2) is 19.1 Å². The largest absolute Gasteiger partial charge is 0.319 e. The van der Waals surface area contributed by atoms with E-state index in [1.54, 1.807) is 16.7 Å². The Morgan fingerprint density at radius 2 is 2.11 bits per heavy atom. The van der Waals surface area contributed by atoms with Crippen LogP contribution < -0.4 is 5.56 Å². The van der Waals surface area contributed by atoms with Crippen molar-refractivity contribution in [2.75, 3.05) is 0 Å². The third kappa shape index (κ3) is 4.57. The van der Waals surface area contributed by atoms with Crippen molar-refractivity contribution in [1.82, 2.24) is 19.1 Å². The van der Waals surface area contributed by atoms with E-state index >= 15 is 0 Å². The summed E-state index contributed by atoms with van der Waals surface area (Å²) in [4.78, 5) is 21.6. The second-order valence-electron chi connectivity index (χ2n) is 6.04. The average molecular weight is 457 g/mol. The maximum Gasteiger partial charge on any atom is 0.319 e. The van der Waals surface area contributed by atoms with Crippen molar-refractivity contribution < 1.29 is 8.78 Å². The van der Waals surface area contributed by atoms with Gasteiger partial charge in [0.2, 0.25) is 0 Å². The Kier molecular flexibility index (Phi) is 6.64. The van der Waals surface area contributed by atoms with Gasteiger partial charge in [-0.15, -0.1) is 0 Å². The number of hydrogen-bond donors (Lipinski definition) is 0. The first-order valence-electron chi connectivity index (χ1n) is 8.64. The van der Waals surface area contributed by atoms with Crippen LogP contribution in [0.1, 0.15) is 38.6 Å². The molecule has 0 saturated carbocycles. The number of hydrogen-bond acceptors (Lipinski definition) is 4. The van der Waals surface area contributed by atoms with Crippen LogP contribution >= 0.6 is 27.7 Å². The van der Waals surface area contributed by atoms with Gasteiger partial charge in [-0.1, -0.05) is 47.5 Å². The van der Waals surface area contributed by atoms with Crippen molar-refractivity contribution in [2.24, 2.45) is 0 Å². The second-order valence-corrected chi connectivity index (χ2v) is 7.89. The topological polar surface area (TPSA) is 52.7 Å². The summed E-state index contributed by atoms with van der Waals surface area (Å²) in [5.41, 5.74) is 0.478. The molecule has 0 N–H and O–H groups in total. The standard InChI is InChI=1S/C18H19BrF2N4OS/c1-2-3-4-8-25-16(26)13-10-12(19)5-6-14(13)23-18(25)27-11-15-22-7-9-24(15)17(20)21/h5-7,9-10,17H,2-4,8,11H2,1H3. The lowest BCUT2D eigenvalue weighted by molar-refractivity contribution is 0.0678. The van der Waals surface area contributed by atoms with E-state index < -0.39 is 6.55 Å². The molecule has 0 amide bonds. The van der Waals surface area contributed by atoms with Crippen LogP contribution in [-0.2, 0) is 12.3 Å². The molecule has 144 valence electrons. The zero-order chi connectivity index (χ0) is 19.4. The van der Waals surface area contributed by atoms with Gasteiger partial charge in [0.05, 0.1) is 16.7 Å². The third-order valence-electron chi connectivity index (χ3n) is 4.16. The first kappa shape index (κ1) is 20.0. The van der Waals surface area contributed by atoms with Crippen LogP contribution in [0.2, 0.25) is 0 Å². The Labute approximate surface area is 167 Å². The average Bonchev–Trinajstić information content (AvgIpc) is 3.11. The quantitative estimate of drug-likeness (QED) is 0.264. The van der Waals surface area contributed by atoms with Gasteiger partial charge >= 0.3 is 6.55 Å². The Morgan fingerprint density at radius 3 is 2.85 bits per heavy atom. The summed E-state index contributed by atoms with van der Waals surface area (Å²) >= 11 is 4.64. The van der Waals surface area contributed by atoms with Gasteiger partial charge in [-0.3, -0.25) is 13.9 Å². The van der Waals surface area contributed by atoms with E-state index in [0.717, 1.165) is 28.3 Å². The minimum Gasteiger partial charge on any atom is -0.287 e. The minimum absolute atomic E-state index is 0.114. The molecule has 0 atom stereocenters. The lowest BCUT2D eigenvalue weighted by Gasteiger charge is -2.13. The Morgan fingerprint density at radius 1 is 1.30 bits per heavy atom. The number of halogens is 3. The molecular weight excluding hydrogens is 438 g/mol. The Balaban J connectivity index is 1.96. The van der Waals surface area contributed by atoms with Crippen LogP contribution in [0.25, 0.3) is 10.9 Å². The van der Waals surface area contributed by atoms with Crippen molar-refractivity contribution in [3.63, 3.8) is 0 Å². The number of unbranched alkanes of at least 4 members (excludes halogenated alkanes) is 2. The van der Waals surface area contributed by atoms with E-state index in [1.807, 2.05) is 6.07 Å². The molecule has 27 heavy (non-hydrogen) atoms.